The number of nitrogens with two attached hydrogens (primary N) is 1. The molecule has 0 aliphatic heterocycles. The van der Waals surface area contributed by atoms with Crippen LogP contribution in [0.3, 0.4) is 0 Å². The molecule has 0 saturated heterocycles. The lowest BCUT2D eigenvalue weighted by Gasteiger charge is -2.15. The molecule has 4 nitrogen and oxygen atoms in total. The number of aliphatic hydroxyl groups excluding tert-OH is 1. The molecule has 3 N–H and O–H groups in total. The number of primary amides is 1. The second kappa shape index (κ2) is 4.75. The van der Waals surface area contributed by atoms with E-state index < -0.39 is 12.0 Å². The first-order chi connectivity index (χ1) is 8.11. The predicted molar refractivity (Wildman–Crippen MR) is 63.6 cm³/mol. The van der Waals surface area contributed by atoms with Crippen molar-refractivity contribution < 1.29 is 14.6 Å². The largest absolute Gasteiger partial charge is 0.481 e. The molecular formula is C13H17NO3. The second-order valence-corrected chi connectivity index (χ2v) is 4.33. The third-order valence-corrected chi connectivity index (χ3v) is 3.13. The van der Waals surface area contributed by atoms with Gasteiger partial charge in [0.05, 0.1) is 6.10 Å². The van der Waals surface area contributed by atoms with Gasteiger partial charge in [0.2, 0.25) is 0 Å². The lowest BCUT2D eigenvalue weighted by Crippen LogP contribution is -2.32. The molecule has 17 heavy (non-hydrogen) atoms. The van der Waals surface area contributed by atoms with Crippen molar-refractivity contribution >= 4 is 5.91 Å². The minimum absolute atomic E-state index is 0.364. The molecule has 4 heteroatoms. The molecule has 1 unspecified atom stereocenters. The number of hydrogen-bond donors (Lipinski definition) is 2. The van der Waals surface area contributed by atoms with Crippen molar-refractivity contribution in [2.75, 3.05) is 0 Å². The van der Waals surface area contributed by atoms with Crippen LogP contribution in [0.25, 0.3) is 0 Å². The maximum absolute atomic E-state index is 11.1. The van der Waals surface area contributed by atoms with Crippen molar-refractivity contribution in [1.29, 1.82) is 0 Å². The van der Waals surface area contributed by atoms with Gasteiger partial charge in [-0.15, -0.1) is 0 Å². The van der Waals surface area contributed by atoms with Gasteiger partial charge in [0.1, 0.15) is 5.75 Å². The highest BCUT2D eigenvalue weighted by molar-refractivity contribution is 5.79. The van der Waals surface area contributed by atoms with Gasteiger partial charge in [-0.3, -0.25) is 4.79 Å². The Labute approximate surface area is 100 Å². The molecule has 92 valence electrons. The van der Waals surface area contributed by atoms with E-state index in [9.17, 15) is 9.90 Å². The zero-order chi connectivity index (χ0) is 12.4. The highest BCUT2D eigenvalue weighted by Crippen LogP contribution is 2.33. The fourth-order valence-electron chi connectivity index (χ4n) is 2.15. The first-order valence-corrected chi connectivity index (χ1v) is 5.88. The van der Waals surface area contributed by atoms with Crippen LogP contribution in [0.15, 0.2) is 18.2 Å². The molecule has 0 heterocycles. The molecule has 2 rings (SSSR count). The lowest BCUT2D eigenvalue weighted by molar-refractivity contribution is -0.124. The smallest absolute Gasteiger partial charge is 0.258 e. The number of hydrogen-bond acceptors (Lipinski definition) is 3. The first kappa shape index (κ1) is 11.9. The summed E-state index contributed by atoms with van der Waals surface area (Å²) in [5.74, 6) is 0.191. The summed E-state index contributed by atoms with van der Waals surface area (Å²) < 4.78 is 5.53. The normalized spacial score (nSPS) is 19.8. The summed E-state index contributed by atoms with van der Waals surface area (Å²) in [6, 6.07) is 5.52. The molecule has 1 aliphatic carbocycles. The number of amides is 1. The minimum atomic E-state index is -0.584. The average Bonchev–Trinajstić information content (AvgIpc) is 2.67. The number of fused-ring (bicyclic) bond motifs is 1. The highest BCUT2D eigenvalue weighted by atomic mass is 16.5. The molecule has 1 aliphatic rings. The number of carbonyl (C=O) groups excluding carboxylic acids is 1. The standard InChI is InChI=1S/C13H17NO3/c1-2-12(13(14)16)17-9-4-5-10-8(7-9)3-6-11(10)15/h4-5,7,11-12,15H,2-3,6H2,1H3,(H2,14,16)/t11-,12?/m1/s1. The lowest BCUT2D eigenvalue weighted by atomic mass is 10.1. The molecule has 0 bridgehead atoms. The Morgan fingerprint density at radius 2 is 2.41 bits per heavy atom. The zero-order valence-corrected chi connectivity index (χ0v) is 9.85. The number of carbonyl (C=O) groups is 1. The van der Waals surface area contributed by atoms with Crippen LogP contribution in [-0.2, 0) is 11.2 Å². The van der Waals surface area contributed by atoms with Gasteiger partial charge in [-0.1, -0.05) is 13.0 Å². The second-order valence-electron chi connectivity index (χ2n) is 4.33. The van der Waals surface area contributed by atoms with E-state index in [4.69, 9.17) is 10.5 Å². The zero-order valence-electron chi connectivity index (χ0n) is 9.85. The molecule has 0 radical (unpaired) electrons. The molecular weight excluding hydrogens is 218 g/mol. The Bertz CT molecular complexity index is 431. The minimum Gasteiger partial charge on any atom is -0.481 e. The van der Waals surface area contributed by atoms with E-state index in [1.807, 2.05) is 19.1 Å². The molecule has 0 saturated carbocycles. The molecule has 0 aromatic heterocycles. The van der Waals surface area contributed by atoms with Crippen LogP contribution in [-0.4, -0.2) is 17.1 Å². The van der Waals surface area contributed by atoms with Crippen molar-refractivity contribution in [2.45, 2.75) is 38.4 Å². The summed E-state index contributed by atoms with van der Waals surface area (Å²) in [6.45, 7) is 1.85. The quantitative estimate of drug-likeness (QED) is 0.826. The van der Waals surface area contributed by atoms with Crippen LogP contribution in [0.4, 0.5) is 0 Å². The van der Waals surface area contributed by atoms with Crippen LogP contribution in [0, 0.1) is 0 Å². The van der Waals surface area contributed by atoms with E-state index in [0.717, 1.165) is 24.0 Å². The highest BCUT2D eigenvalue weighted by Gasteiger charge is 2.21. The van der Waals surface area contributed by atoms with Gasteiger partial charge in [-0.05, 0) is 42.5 Å². The molecule has 2 atom stereocenters. The number of benzene rings is 1. The fourth-order valence-corrected chi connectivity index (χ4v) is 2.15. The maximum Gasteiger partial charge on any atom is 0.258 e. The van der Waals surface area contributed by atoms with Crippen molar-refractivity contribution in [3.8, 4) is 5.75 Å². The van der Waals surface area contributed by atoms with Crippen LogP contribution < -0.4 is 10.5 Å². The van der Waals surface area contributed by atoms with Gasteiger partial charge in [0.25, 0.3) is 5.91 Å². The number of aryl methyl sites for hydroxylation is 1. The SMILES string of the molecule is CCC(Oc1ccc2c(c1)CC[C@H]2O)C(N)=O. The summed E-state index contributed by atoms with van der Waals surface area (Å²) in [6.07, 6.45) is 1.21. The Morgan fingerprint density at radius 1 is 1.65 bits per heavy atom. The van der Waals surface area contributed by atoms with E-state index in [1.54, 1.807) is 6.07 Å². The molecule has 1 amide bonds. The van der Waals surface area contributed by atoms with Gasteiger partial charge in [-0.25, -0.2) is 0 Å². The van der Waals surface area contributed by atoms with E-state index in [1.165, 1.54) is 0 Å². The van der Waals surface area contributed by atoms with Gasteiger partial charge >= 0.3 is 0 Å². The summed E-state index contributed by atoms with van der Waals surface area (Å²) in [5, 5.41) is 9.67. The van der Waals surface area contributed by atoms with Crippen LogP contribution >= 0.6 is 0 Å². The maximum atomic E-state index is 11.1. The summed E-state index contributed by atoms with van der Waals surface area (Å²) >= 11 is 0. The van der Waals surface area contributed by atoms with E-state index in [2.05, 4.69) is 0 Å². The summed E-state index contributed by atoms with van der Waals surface area (Å²) in [7, 11) is 0. The summed E-state index contributed by atoms with van der Waals surface area (Å²) in [4.78, 5) is 11.1. The predicted octanol–water partition coefficient (Wildman–Crippen LogP) is 1.31. The Kier molecular flexibility index (Phi) is 3.33. The Hall–Kier alpha value is -1.55. The molecule has 0 spiro atoms. The number of ether oxygens (including phenoxy) is 1. The van der Waals surface area contributed by atoms with E-state index in [-0.39, 0.29) is 6.10 Å². The Balaban J connectivity index is 2.16. The van der Waals surface area contributed by atoms with Gasteiger partial charge < -0.3 is 15.6 Å². The number of rotatable bonds is 4. The van der Waals surface area contributed by atoms with Crippen molar-refractivity contribution in [3.05, 3.63) is 29.3 Å². The van der Waals surface area contributed by atoms with Gasteiger partial charge in [-0.2, -0.15) is 0 Å². The third-order valence-electron chi connectivity index (χ3n) is 3.13. The first-order valence-electron chi connectivity index (χ1n) is 5.88. The van der Waals surface area contributed by atoms with Crippen molar-refractivity contribution in [3.63, 3.8) is 0 Å². The van der Waals surface area contributed by atoms with Crippen molar-refractivity contribution in [2.24, 2.45) is 5.73 Å². The van der Waals surface area contributed by atoms with E-state index >= 15 is 0 Å². The van der Waals surface area contributed by atoms with Gasteiger partial charge in [0, 0.05) is 0 Å². The molecule has 0 fully saturated rings. The molecule has 1 aromatic carbocycles. The number of aliphatic hydroxyl groups is 1. The fraction of sp³-hybridized carbons (Fsp3) is 0.462. The monoisotopic (exact) mass is 235 g/mol. The summed E-state index contributed by atoms with van der Waals surface area (Å²) in [5.41, 5.74) is 7.28. The van der Waals surface area contributed by atoms with Crippen LogP contribution in [0.1, 0.15) is 37.0 Å². The van der Waals surface area contributed by atoms with Crippen LogP contribution in [0.2, 0.25) is 0 Å². The topological polar surface area (TPSA) is 72.6 Å². The molecule has 1 aromatic rings. The van der Waals surface area contributed by atoms with E-state index in [0.29, 0.717) is 12.2 Å². The Morgan fingerprint density at radius 3 is 3.06 bits per heavy atom. The third kappa shape index (κ3) is 2.42. The average molecular weight is 235 g/mol. The van der Waals surface area contributed by atoms with Crippen molar-refractivity contribution in [1.82, 2.24) is 0 Å². The van der Waals surface area contributed by atoms with Gasteiger partial charge in [0.15, 0.2) is 6.10 Å². The van der Waals surface area contributed by atoms with Crippen LogP contribution in [0.5, 0.6) is 5.75 Å².